The van der Waals surface area contributed by atoms with Crippen LogP contribution in [-0.4, -0.2) is 39.0 Å². The molecule has 1 fully saturated rings. The molecule has 1 aliphatic heterocycles. The lowest BCUT2D eigenvalue weighted by atomic mass is 10.0. The average Bonchev–Trinajstić information content (AvgIpc) is 2.62. The minimum Gasteiger partial charge on any atom is -0.497 e. The zero-order chi connectivity index (χ0) is 16.1. The quantitative estimate of drug-likeness (QED) is 0.794. The normalized spacial score (nSPS) is 17.5. The predicted octanol–water partition coefficient (Wildman–Crippen LogP) is 2.68. The van der Waals surface area contributed by atoms with Gasteiger partial charge in [0.1, 0.15) is 18.1 Å². The molecule has 2 aromatic carbocycles. The first kappa shape index (κ1) is 15.5. The lowest BCUT2D eigenvalue weighted by molar-refractivity contribution is -0.171. The van der Waals surface area contributed by atoms with Crippen LogP contribution in [0.25, 0.3) is 0 Å². The molecule has 1 aliphatic rings. The van der Waals surface area contributed by atoms with Crippen molar-refractivity contribution in [1.29, 1.82) is 0 Å². The number of ether oxygens (including phenoxy) is 4. The van der Waals surface area contributed by atoms with Crippen molar-refractivity contribution >= 4 is 5.78 Å². The molecular formula is C18H18O5. The van der Waals surface area contributed by atoms with E-state index in [-0.39, 0.29) is 5.78 Å². The summed E-state index contributed by atoms with van der Waals surface area (Å²) in [5.74, 6) is 0.926. The number of hydrogen-bond donors (Lipinski definition) is 0. The molecule has 0 aliphatic carbocycles. The van der Waals surface area contributed by atoms with Crippen LogP contribution in [0.4, 0.5) is 0 Å². The number of rotatable bonds is 5. The third kappa shape index (κ3) is 3.70. The van der Waals surface area contributed by atoms with Gasteiger partial charge < -0.3 is 18.9 Å². The molecule has 120 valence electrons. The van der Waals surface area contributed by atoms with Gasteiger partial charge in [0.2, 0.25) is 6.29 Å². The van der Waals surface area contributed by atoms with Crippen LogP contribution in [0.2, 0.25) is 0 Å². The van der Waals surface area contributed by atoms with Crippen LogP contribution in [0, 0.1) is 0 Å². The van der Waals surface area contributed by atoms with Crippen LogP contribution in [0.15, 0.2) is 48.5 Å². The van der Waals surface area contributed by atoms with E-state index in [1.165, 1.54) is 0 Å². The highest BCUT2D eigenvalue weighted by molar-refractivity contribution is 6.10. The zero-order valence-corrected chi connectivity index (χ0v) is 12.9. The van der Waals surface area contributed by atoms with E-state index in [0.29, 0.717) is 42.4 Å². The topological polar surface area (TPSA) is 54.0 Å². The Morgan fingerprint density at radius 2 is 1.96 bits per heavy atom. The van der Waals surface area contributed by atoms with E-state index < -0.39 is 6.29 Å². The molecule has 2 aromatic rings. The molecule has 1 atom stereocenters. The second-order valence-corrected chi connectivity index (χ2v) is 5.05. The number of ketones is 1. The first-order chi connectivity index (χ1) is 11.3. The number of benzene rings is 2. The van der Waals surface area contributed by atoms with Gasteiger partial charge in [-0.2, -0.15) is 0 Å². The van der Waals surface area contributed by atoms with Crippen molar-refractivity contribution in [3.63, 3.8) is 0 Å². The molecule has 1 saturated heterocycles. The fourth-order valence-corrected chi connectivity index (χ4v) is 2.34. The number of carbonyl (C=O) groups excluding carboxylic acids is 1. The van der Waals surface area contributed by atoms with Crippen LogP contribution < -0.4 is 9.47 Å². The highest BCUT2D eigenvalue weighted by Crippen LogP contribution is 2.28. The zero-order valence-electron chi connectivity index (χ0n) is 12.9. The smallest absolute Gasteiger partial charge is 0.223 e. The fraction of sp³-hybridized carbons (Fsp3) is 0.278. The first-order valence-corrected chi connectivity index (χ1v) is 7.42. The highest BCUT2D eigenvalue weighted by atomic mass is 16.7. The highest BCUT2D eigenvalue weighted by Gasteiger charge is 2.21. The van der Waals surface area contributed by atoms with Crippen molar-refractivity contribution in [2.75, 3.05) is 26.9 Å². The molecule has 0 bridgehead atoms. The molecule has 0 saturated carbocycles. The van der Waals surface area contributed by atoms with Crippen molar-refractivity contribution in [3.05, 3.63) is 59.7 Å². The average molecular weight is 314 g/mol. The number of hydrogen-bond acceptors (Lipinski definition) is 5. The van der Waals surface area contributed by atoms with E-state index in [4.69, 9.17) is 18.9 Å². The molecule has 1 heterocycles. The van der Waals surface area contributed by atoms with E-state index in [1.54, 1.807) is 37.4 Å². The molecule has 5 nitrogen and oxygen atoms in total. The second-order valence-electron chi connectivity index (χ2n) is 5.05. The van der Waals surface area contributed by atoms with Crippen molar-refractivity contribution in [1.82, 2.24) is 0 Å². The van der Waals surface area contributed by atoms with Crippen LogP contribution in [0.1, 0.15) is 15.9 Å². The van der Waals surface area contributed by atoms with Gasteiger partial charge in [-0.3, -0.25) is 4.79 Å². The molecular weight excluding hydrogens is 296 g/mol. The predicted molar refractivity (Wildman–Crippen MR) is 84.1 cm³/mol. The molecule has 3 rings (SSSR count). The Morgan fingerprint density at radius 1 is 1.13 bits per heavy atom. The largest absolute Gasteiger partial charge is 0.497 e. The van der Waals surface area contributed by atoms with Crippen molar-refractivity contribution in [3.8, 4) is 11.5 Å². The third-order valence-electron chi connectivity index (χ3n) is 3.51. The van der Waals surface area contributed by atoms with E-state index in [1.807, 2.05) is 18.2 Å². The Hall–Kier alpha value is -2.37. The molecule has 0 aromatic heterocycles. The molecule has 5 heteroatoms. The van der Waals surface area contributed by atoms with Gasteiger partial charge in [-0.1, -0.05) is 30.3 Å². The van der Waals surface area contributed by atoms with Crippen molar-refractivity contribution < 1.29 is 23.7 Å². The van der Waals surface area contributed by atoms with E-state index in [0.717, 1.165) is 0 Å². The van der Waals surface area contributed by atoms with Gasteiger partial charge in [0.05, 0.1) is 25.9 Å². The summed E-state index contributed by atoms with van der Waals surface area (Å²) in [6, 6.07) is 14.2. The maximum atomic E-state index is 12.7. The van der Waals surface area contributed by atoms with Crippen LogP contribution in [0.5, 0.6) is 11.5 Å². The van der Waals surface area contributed by atoms with Crippen LogP contribution in [-0.2, 0) is 9.47 Å². The maximum absolute atomic E-state index is 12.7. The van der Waals surface area contributed by atoms with E-state index in [9.17, 15) is 4.79 Å². The third-order valence-corrected chi connectivity index (χ3v) is 3.51. The Bertz CT molecular complexity index is 662. The molecule has 0 amide bonds. The monoisotopic (exact) mass is 314 g/mol. The Labute approximate surface area is 134 Å². The summed E-state index contributed by atoms with van der Waals surface area (Å²) in [5.41, 5.74) is 1.06. The number of carbonyl (C=O) groups is 1. The SMILES string of the molecule is COc1ccc(C(=O)c2ccccc2)c(OC2COCCO2)c1. The van der Waals surface area contributed by atoms with Gasteiger partial charge in [-0.25, -0.2) is 0 Å². The molecule has 0 radical (unpaired) electrons. The Balaban J connectivity index is 1.90. The molecule has 0 N–H and O–H groups in total. The first-order valence-electron chi connectivity index (χ1n) is 7.42. The van der Waals surface area contributed by atoms with Gasteiger partial charge in [0, 0.05) is 11.6 Å². The maximum Gasteiger partial charge on any atom is 0.223 e. The number of methoxy groups -OCH3 is 1. The van der Waals surface area contributed by atoms with Gasteiger partial charge in [0.15, 0.2) is 5.78 Å². The van der Waals surface area contributed by atoms with Crippen molar-refractivity contribution in [2.45, 2.75) is 6.29 Å². The summed E-state index contributed by atoms with van der Waals surface area (Å²) < 4.78 is 21.9. The van der Waals surface area contributed by atoms with Gasteiger partial charge in [0.25, 0.3) is 0 Å². The summed E-state index contributed by atoms with van der Waals surface area (Å²) in [6.45, 7) is 1.35. The second kappa shape index (κ2) is 7.26. The van der Waals surface area contributed by atoms with E-state index >= 15 is 0 Å². The van der Waals surface area contributed by atoms with Crippen LogP contribution in [0.3, 0.4) is 0 Å². The molecule has 23 heavy (non-hydrogen) atoms. The van der Waals surface area contributed by atoms with Crippen LogP contribution >= 0.6 is 0 Å². The summed E-state index contributed by atoms with van der Waals surface area (Å²) in [7, 11) is 1.57. The lowest BCUT2D eigenvalue weighted by Gasteiger charge is -2.24. The summed E-state index contributed by atoms with van der Waals surface area (Å²) in [5, 5.41) is 0. The summed E-state index contributed by atoms with van der Waals surface area (Å²) in [6.07, 6.45) is -0.529. The minimum absolute atomic E-state index is 0.111. The van der Waals surface area contributed by atoms with Crippen molar-refractivity contribution in [2.24, 2.45) is 0 Å². The molecule has 0 spiro atoms. The summed E-state index contributed by atoms with van der Waals surface area (Å²) in [4.78, 5) is 12.7. The lowest BCUT2D eigenvalue weighted by Crippen LogP contribution is -2.33. The minimum atomic E-state index is -0.529. The van der Waals surface area contributed by atoms with Gasteiger partial charge in [-0.05, 0) is 12.1 Å². The Kier molecular flexibility index (Phi) is 4.90. The van der Waals surface area contributed by atoms with Gasteiger partial charge in [-0.15, -0.1) is 0 Å². The fourth-order valence-electron chi connectivity index (χ4n) is 2.34. The van der Waals surface area contributed by atoms with E-state index in [2.05, 4.69) is 0 Å². The van der Waals surface area contributed by atoms with Gasteiger partial charge >= 0.3 is 0 Å². The molecule has 1 unspecified atom stereocenters. The standard InChI is InChI=1S/C18H18O5/c1-20-14-7-8-15(18(19)13-5-3-2-4-6-13)16(11-14)23-17-12-21-9-10-22-17/h2-8,11,17H,9-10,12H2,1H3. The Morgan fingerprint density at radius 3 is 2.65 bits per heavy atom. The summed E-state index contributed by atoms with van der Waals surface area (Å²) >= 11 is 0.